The van der Waals surface area contributed by atoms with E-state index in [1.807, 2.05) is 54.6 Å². The van der Waals surface area contributed by atoms with E-state index < -0.39 is 0 Å². The first kappa shape index (κ1) is 17.3. The number of hydrogen-bond donors (Lipinski definition) is 2. The highest BCUT2D eigenvalue weighted by molar-refractivity contribution is 6.30. The molecule has 0 bridgehead atoms. The van der Waals surface area contributed by atoms with Crippen molar-refractivity contribution in [3.63, 3.8) is 0 Å². The topological polar surface area (TPSA) is 71.8 Å². The molecule has 2 N–H and O–H groups in total. The number of fused-ring (bicyclic) bond motifs is 1. The SMILES string of the molecule is CCC(=O)Nc1nc2n(n1)[C@H](c1ccccc1)C=C(c1ccc(Cl)cc1)N2. The molecule has 0 fully saturated rings. The number of carbonyl (C=O) groups excluding carboxylic acids is 1. The van der Waals surface area contributed by atoms with E-state index in [2.05, 4.69) is 26.8 Å². The van der Waals surface area contributed by atoms with Gasteiger partial charge in [-0.05, 0) is 29.3 Å². The van der Waals surface area contributed by atoms with Crippen molar-refractivity contribution < 1.29 is 4.79 Å². The van der Waals surface area contributed by atoms with Crippen molar-refractivity contribution in [3.05, 3.63) is 76.8 Å². The van der Waals surface area contributed by atoms with Crippen LogP contribution in [0.3, 0.4) is 0 Å². The van der Waals surface area contributed by atoms with Crippen LogP contribution in [-0.2, 0) is 4.79 Å². The molecule has 27 heavy (non-hydrogen) atoms. The summed E-state index contributed by atoms with van der Waals surface area (Å²) in [6.45, 7) is 1.79. The van der Waals surface area contributed by atoms with Crippen LogP contribution < -0.4 is 10.6 Å². The van der Waals surface area contributed by atoms with Gasteiger partial charge in [0.2, 0.25) is 11.9 Å². The molecule has 1 amide bonds. The van der Waals surface area contributed by atoms with Crippen molar-refractivity contribution in [1.82, 2.24) is 14.8 Å². The molecule has 0 radical (unpaired) electrons. The Morgan fingerprint density at radius 3 is 2.63 bits per heavy atom. The van der Waals surface area contributed by atoms with Gasteiger partial charge in [-0.1, -0.05) is 61.0 Å². The molecule has 0 saturated heterocycles. The molecule has 2 aromatic carbocycles. The van der Waals surface area contributed by atoms with Gasteiger partial charge in [0.1, 0.15) is 6.04 Å². The van der Waals surface area contributed by atoms with Crippen molar-refractivity contribution in [1.29, 1.82) is 0 Å². The largest absolute Gasteiger partial charge is 0.324 e. The molecule has 1 aliphatic heterocycles. The highest BCUT2D eigenvalue weighted by Gasteiger charge is 2.25. The molecule has 0 aliphatic carbocycles. The lowest BCUT2D eigenvalue weighted by Crippen LogP contribution is -2.20. The van der Waals surface area contributed by atoms with Gasteiger partial charge in [0, 0.05) is 17.1 Å². The number of hydrogen-bond acceptors (Lipinski definition) is 4. The minimum Gasteiger partial charge on any atom is -0.324 e. The van der Waals surface area contributed by atoms with E-state index in [0.29, 0.717) is 17.4 Å². The molecule has 7 heteroatoms. The molecule has 1 aliphatic rings. The average Bonchev–Trinajstić information content (AvgIpc) is 3.10. The normalized spacial score (nSPS) is 15.5. The van der Waals surface area contributed by atoms with E-state index in [4.69, 9.17) is 11.6 Å². The van der Waals surface area contributed by atoms with Crippen LogP contribution >= 0.6 is 11.6 Å². The number of amides is 1. The average molecular weight is 380 g/mol. The molecule has 6 nitrogen and oxygen atoms in total. The number of rotatable bonds is 4. The first-order chi connectivity index (χ1) is 13.1. The lowest BCUT2D eigenvalue weighted by Gasteiger charge is -2.24. The fourth-order valence-corrected chi connectivity index (χ4v) is 3.07. The summed E-state index contributed by atoms with van der Waals surface area (Å²) >= 11 is 6.02. The number of halogens is 1. The number of allylic oxidation sites excluding steroid dienone is 1. The summed E-state index contributed by atoms with van der Waals surface area (Å²) in [5.41, 5.74) is 2.98. The van der Waals surface area contributed by atoms with Crippen LogP contribution in [0.15, 0.2) is 60.7 Å². The summed E-state index contributed by atoms with van der Waals surface area (Å²) in [4.78, 5) is 16.2. The molecule has 1 atom stereocenters. The first-order valence-electron chi connectivity index (χ1n) is 8.70. The van der Waals surface area contributed by atoms with Crippen LogP contribution in [-0.4, -0.2) is 20.7 Å². The van der Waals surface area contributed by atoms with Gasteiger partial charge in [-0.3, -0.25) is 10.1 Å². The lowest BCUT2D eigenvalue weighted by atomic mass is 10.0. The van der Waals surface area contributed by atoms with Gasteiger partial charge in [0.05, 0.1) is 0 Å². The Bertz CT molecular complexity index is 995. The summed E-state index contributed by atoms with van der Waals surface area (Å²) in [7, 11) is 0. The lowest BCUT2D eigenvalue weighted by molar-refractivity contribution is -0.115. The van der Waals surface area contributed by atoms with Crippen molar-refractivity contribution in [2.75, 3.05) is 10.6 Å². The van der Waals surface area contributed by atoms with E-state index in [-0.39, 0.29) is 17.9 Å². The molecule has 1 aromatic heterocycles. The van der Waals surface area contributed by atoms with Crippen molar-refractivity contribution >= 4 is 35.1 Å². The fourth-order valence-electron chi connectivity index (χ4n) is 2.94. The van der Waals surface area contributed by atoms with Gasteiger partial charge >= 0.3 is 0 Å². The van der Waals surface area contributed by atoms with Crippen LogP contribution in [0.4, 0.5) is 11.9 Å². The van der Waals surface area contributed by atoms with E-state index in [9.17, 15) is 4.79 Å². The molecule has 4 rings (SSSR count). The van der Waals surface area contributed by atoms with Crippen LogP contribution in [0.5, 0.6) is 0 Å². The highest BCUT2D eigenvalue weighted by Crippen LogP contribution is 2.33. The van der Waals surface area contributed by atoms with E-state index in [1.54, 1.807) is 11.6 Å². The van der Waals surface area contributed by atoms with Crippen LogP contribution in [0.2, 0.25) is 5.02 Å². The summed E-state index contributed by atoms with van der Waals surface area (Å²) in [5.74, 6) is 0.735. The maximum atomic E-state index is 11.7. The second-order valence-corrected chi connectivity index (χ2v) is 6.61. The Morgan fingerprint density at radius 1 is 1.19 bits per heavy atom. The Kier molecular flexibility index (Phi) is 4.64. The zero-order valence-corrected chi connectivity index (χ0v) is 15.4. The molecule has 2 heterocycles. The third-order valence-electron chi connectivity index (χ3n) is 4.33. The van der Waals surface area contributed by atoms with E-state index in [1.165, 1.54) is 0 Å². The van der Waals surface area contributed by atoms with Gasteiger partial charge < -0.3 is 5.32 Å². The number of carbonyl (C=O) groups is 1. The smallest absolute Gasteiger partial charge is 0.250 e. The van der Waals surface area contributed by atoms with Crippen molar-refractivity contribution in [3.8, 4) is 0 Å². The number of benzene rings is 2. The standard InChI is InChI=1S/C20H18ClN5O/c1-2-18(27)23-19-24-20-22-16(13-8-10-15(21)11-9-13)12-17(26(20)25-19)14-6-4-3-5-7-14/h3-12,17H,2H2,1H3,(H2,22,23,24,25,27)/t17-/m0/s1. The number of nitrogens with zero attached hydrogens (tertiary/aromatic N) is 3. The van der Waals surface area contributed by atoms with E-state index >= 15 is 0 Å². The second kappa shape index (κ2) is 7.25. The first-order valence-corrected chi connectivity index (χ1v) is 9.08. The minimum atomic E-state index is -0.145. The maximum Gasteiger partial charge on any atom is 0.250 e. The van der Waals surface area contributed by atoms with Crippen LogP contribution in [0.1, 0.15) is 30.5 Å². The second-order valence-electron chi connectivity index (χ2n) is 6.17. The van der Waals surface area contributed by atoms with Gasteiger partial charge in [0.25, 0.3) is 5.95 Å². The number of nitrogens with one attached hydrogen (secondary N) is 2. The Balaban J connectivity index is 1.76. The fraction of sp³-hybridized carbons (Fsp3) is 0.150. The molecular formula is C20H18ClN5O. The highest BCUT2D eigenvalue weighted by atomic mass is 35.5. The minimum absolute atomic E-state index is 0.125. The van der Waals surface area contributed by atoms with Crippen LogP contribution in [0, 0.1) is 0 Å². The van der Waals surface area contributed by atoms with Gasteiger partial charge in [-0.25, -0.2) is 4.68 Å². The third kappa shape index (κ3) is 3.57. The molecular weight excluding hydrogens is 362 g/mol. The molecule has 136 valence electrons. The summed E-state index contributed by atoms with van der Waals surface area (Å²) in [6, 6.07) is 17.5. The summed E-state index contributed by atoms with van der Waals surface area (Å²) in [5, 5.41) is 11.2. The van der Waals surface area contributed by atoms with Gasteiger partial charge in [0.15, 0.2) is 0 Å². The Hall–Kier alpha value is -3.12. The molecule has 0 unspecified atom stereocenters. The maximum absolute atomic E-state index is 11.7. The number of anilines is 2. The van der Waals surface area contributed by atoms with Crippen LogP contribution in [0.25, 0.3) is 5.70 Å². The van der Waals surface area contributed by atoms with Crippen molar-refractivity contribution in [2.24, 2.45) is 0 Å². The predicted molar refractivity (Wildman–Crippen MR) is 107 cm³/mol. The van der Waals surface area contributed by atoms with Crippen molar-refractivity contribution in [2.45, 2.75) is 19.4 Å². The molecule has 3 aromatic rings. The zero-order valence-electron chi connectivity index (χ0n) is 14.7. The number of aromatic nitrogens is 3. The van der Waals surface area contributed by atoms with Gasteiger partial charge in [-0.2, -0.15) is 4.98 Å². The Labute approximate surface area is 161 Å². The molecule has 0 saturated carbocycles. The Morgan fingerprint density at radius 2 is 1.93 bits per heavy atom. The zero-order chi connectivity index (χ0) is 18.8. The molecule has 0 spiro atoms. The van der Waals surface area contributed by atoms with E-state index in [0.717, 1.165) is 16.8 Å². The third-order valence-corrected chi connectivity index (χ3v) is 4.59. The quantitative estimate of drug-likeness (QED) is 0.707. The predicted octanol–water partition coefficient (Wildman–Crippen LogP) is 4.34. The summed E-state index contributed by atoms with van der Waals surface area (Å²) < 4.78 is 1.78. The summed E-state index contributed by atoms with van der Waals surface area (Å²) in [6.07, 6.45) is 2.46. The monoisotopic (exact) mass is 379 g/mol. The van der Waals surface area contributed by atoms with Gasteiger partial charge in [-0.15, -0.1) is 5.10 Å².